The van der Waals surface area contributed by atoms with Gasteiger partial charge >= 0.3 is 0 Å². The van der Waals surface area contributed by atoms with E-state index in [4.69, 9.17) is 9.26 Å². The van der Waals surface area contributed by atoms with Crippen molar-refractivity contribution >= 4 is 15.9 Å². The third-order valence-electron chi connectivity index (χ3n) is 1.62. The summed E-state index contributed by atoms with van der Waals surface area (Å²) in [5, 5.41) is 3.71. The first-order valence-corrected chi connectivity index (χ1v) is 5.06. The van der Waals surface area contributed by atoms with Crippen molar-refractivity contribution in [3.8, 4) is 5.75 Å². The topological polar surface area (TPSA) is 61.0 Å². The van der Waals surface area contributed by atoms with Crippen LogP contribution >= 0.6 is 15.9 Å². The van der Waals surface area contributed by atoms with Crippen LogP contribution in [0.5, 0.6) is 5.75 Å². The van der Waals surface area contributed by atoms with Gasteiger partial charge in [-0.25, -0.2) is 0 Å². The van der Waals surface area contributed by atoms with Gasteiger partial charge in [0.15, 0.2) is 6.61 Å². The fraction of sp³-hybridized carbons (Fsp3) is 0.222. The Kier molecular flexibility index (Phi) is 2.96. The van der Waals surface area contributed by atoms with Crippen LogP contribution in [0.15, 0.2) is 27.5 Å². The van der Waals surface area contributed by atoms with Crippen molar-refractivity contribution in [3.63, 3.8) is 0 Å². The molecule has 0 spiro atoms. The van der Waals surface area contributed by atoms with Gasteiger partial charge in [-0.1, -0.05) is 5.16 Å². The number of halogens is 1. The van der Waals surface area contributed by atoms with Gasteiger partial charge in [-0.05, 0) is 22.0 Å². The van der Waals surface area contributed by atoms with E-state index in [1.165, 1.54) is 0 Å². The Balaban J connectivity index is 1.99. The van der Waals surface area contributed by atoms with Crippen LogP contribution in [-0.2, 0) is 6.61 Å². The van der Waals surface area contributed by atoms with Crippen LogP contribution in [-0.4, -0.2) is 15.1 Å². The largest absolute Gasteiger partial charge is 0.484 e. The molecule has 6 heteroatoms. The lowest BCUT2D eigenvalue weighted by Crippen LogP contribution is -1.97. The van der Waals surface area contributed by atoms with E-state index in [0.29, 0.717) is 17.5 Å². The zero-order chi connectivity index (χ0) is 10.7. The van der Waals surface area contributed by atoms with E-state index in [-0.39, 0.29) is 6.61 Å². The number of aryl methyl sites for hydroxylation is 1. The molecular weight excluding hydrogens is 262 g/mol. The number of hydrogen-bond acceptors (Lipinski definition) is 5. The Morgan fingerprint density at radius 3 is 3.00 bits per heavy atom. The normalized spacial score (nSPS) is 10.3. The number of rotatable bonds is 3. The number of nitrogens with zero attached hydrogens (tertiary/aromatic N) is 3. The van der Waals surface area contributed by atoms with E-state index in [1.54, 1.807) is 19.3 Å². The number of ether oxygens (including phenoxy) is 1. The van der Waals surface area contributed by atoms with Gasteiger partial charge in [0.25, 0.3) is 0 Å². The van der Waals surface area contributed by atoms with Crippen LogP contribution < -0.4 is 4.74 Å². The minimum Gasteiger partial charge on any atom is -0.484 e. The second-order valence-corrected chi connectivity index (χ2v) is 3.77. The predicted octanol–water partition coefficient (Wildman–Crippen LogP) is 2.11. The van der Waals surface area contributed by atoms with Crippen LogP contribution in [0.3, 0.4) is 0 Å². The molecule has 0 amide bonds. The van der Waals surface area contributed by atoms with Crippen molar-refractivity contribution in [1.29, 1.82) is 0 Å². The van der Waals surface area contributed by atoms with Gasteiger partial charge in [0.1, 0.15) is 5.75 Å². The Labute approximate surface area is 94.6 Å². The van der Waals surface area contributed by atoms with Crippen LogP contribution in [0.2, 0.25) is 0 Å². The molecule has 0 unspecified atom stereocenters. The zero-order valence-electron chi connectivity index (χ0n) is 7.98. The van der Waals surface area contributed by atoms with Gasteiger partial charge in [-0.2, -0.15) is 4.98 Å². The highest BCUT2D eigenvalue weighted by atomic mass is 79.9. The summed E-state index contributed by atoms with van der Waals surface area (Å²) in [6, 6.07) is 1.82. The van der Waals surface area contributed by atoms with E-state index < -0.39 is 0 Å². The summed E-state index contributed by atoms with van der Waals surface area (Å²) in [5.41, 5.74) is 0. The molecule has 0 saturated carbocycles. The molecule has 78 valence electrons. The molecule has 2 rings (SSSR count). The summed E-state index contributed by atoms with van der Waals surface area (Å²) in [6.07, 6.45) is 3.31. The van der Waals surface area contributed by atoms with E-state index in [9.17, 15) is 0 Å². The number of aromatic nitrogens is 3. The second-order valence-electron chi connectivity index (χ2n) is 2.86. The molecule has 0 radical (unpaired) electrons. The molecule has 0 fully saturated rings. The average molecular weight is 270 g/mol. The summed E-state index contributed by atoms with van der Waals surface area (Å²) >= 11 is 3.30. The van der Waals surface area contributed by atoms with Crippen LogP contribution in [0.25, 0.3) is 0 Å². The first kappa shape index (κ1) is 10.1. The quantitative estimate of drug-likeness (QED) is 0.854. The highest BCUT2D eigenvalue weighted by Gasteiger charge is 2.03. The van der Waals surface area contributed by atoms with Gasteiger partial charge in [-0.3, -0.25) is 4.98 Å². The Morgan fingerprint density at radius 1 is 1.47 bits per heavy atom. The first-order valence-electron chi connectivity index (χ1n) is 4.26. The van der Waals surface area contributed by atoms with E-state index in [0.717, 1.165) is 4.47 Å². The van der Waals surface area contributed by atoms with Gasteiger partial charge in [0.05, 0.1) is 6.20 Å². The van der Waals surface area contributed by atoms with Crippen molar-refractivity contribution in [1.82, 2.24) is 15.1 Å². The highest BCUT2D eigenvalue weighted by Crippen LogP contribution is 2.16. The molecule has 2 heterocycles. The maximum absolute atomic E-state index is 5.41. The lowest BCUT2D eigenvalue weighted by molar-refractivity contribution is 0.284. The smallest absolute Gasteiger partial charge is 0.223 e. The Hall–Kier alpha value is -1.43. The van der Waals surface area contributed by atoms with Crippen LogP contribution in [0.4, 0.5) is 0 Å². The SMILES string of the molecule is Cc1nc(COc2cncc(Br)c2)no1. The molecule has 2 aromatic rings. The molecule has 0 aliphatic carbocycles. The molecule has 5 nitrogen and oxygen atoms in total. The van der Waals surface area contributed by atoms with Crippen molar-refractivity contribution in [2.45, 2.75) is 13.5 Å². The van der Waals surface area contributed by atoms with Gasteiger partial charge < -0.3 is 9.26 Å². The molecule has 2 aromatic heterocycles. The minimum atomic E-state index is 0.273. The van der Waals surface area contributed by atoms with E-state index >= 15 is 0 Å². The van der Waals surface area contributed by atoms with Crippen molar-refractivity contribution in [3.05, 3.63) is 34.6 Å². The maximum atomic E-state index is 5.41. The average Bonchev–Trinajstić information content (AvgIpc) is 2.62. The predicted molar refractivity (Wildman–Crippen MR) is 55.3 cm³/mol. The molecule has 0 aliphatic heterocycles. The lowest BCUT2D eigenvalue weighted by Gasteiger charge is -2.01. The molecule has 0 atom stereocenters. The fourth-order valence-electron chi connectivity index (χ4n) is 1.02. The molecule has 0 saturated heterocycles. The third kappa shape index (κ3) is 2.76. The Bertz CT molecular complexity index is 458. The molecule has 0 aromatic carbocycles. The van der Waals surface area contributed by atoms with Gasteiger partial charge in [-0.15, -0.1) is 0 Å². The molecule has 0 aliphatic rings. The van der Waals surface area contributed by atoms with Gasteiger partial charge in [0.2, 0.25) is 11.7 Å². The Morgan fingerprint density at radius 2 is 2.33 bits per heavy atom. The molecular formula is C9H8BrN3O2. The van der Waals surface area contributed by atoms with Crippen LogP contribution in [0, 0.1) is 6.92 Å². The minimum absolute atomic E-state index is 0.273. The summed E-state index contributed by atoms with van der Waals surface area (Å²) in [5.74, 6) is 1.71. The standard InChI is InChI=1S/C9H8BrN3O2/c1-6-12-9(13-15-6)5-14-8-2-7(10)3-11-4-8/h2-4H,5H2,1H3. The summed E-state index contributed by atoms with van der Waals surface area (Å²) in [6.45, 7) is 2.01. The van der Waals surface area contributed by atoms with Gasteiger partial charge in [0, 0.05) is 17.6 Å². The van der Waals surface area contributed by atoms with Crippen LogP contribution in [0.1, 0.15) is 11.7 Å². The molecule has 0 bridgehead atoms. The fourth-order valence-corrected chi connectivity index (χ4v) is 1.36. The molecule has 15 heavy (non-hydrogen) atoms. The first-order chi connectivity index (χ1) is 7.24. The van der Waals surface area contributed by atoms with Crippen molar-refractivity contribution in [2.24, 2.45) is 0 Å². The number of hydrogen-bond donors (Lipinski definition) is 0. The monoisotopic (exact) mass is 269 g/mol. The number of pyridine rings is 1. The summed E-state index contributed by atoms with van der Waals surface area (Å²) < 4.78 is 11.1. The third-order valence-corrected chi connectivity index (χ3v) is 2.05. The zero-order valence-corrected chi connectivity index (χ0v) is 9.56. The van der Waals surface area contributed by atoms with Crippen molar-refractivity contribution in [2.75, 3.05) is 0 Å². The maximum Gasteiger partial charge on any atom is 0.223 e. The second kappa shape index (κ2) is 4.39. The van der Waals surface area contributed by atoms with E-state index in [2.05, 4.69) is 31.1 Å². The summed E-state index contributed by atoms with van der Waals surface area (Å²) in [4.78, 5) is 7.98. The van der Waals surface area contributed by atoms with Crippen molar-refractivity contribution < 1.29 is 9.26 Å². The molecule has 0 N–H and O–H groups in total. The highest BCUT2D eigenvalue weighted by molar-refractivity contribution is 9.10. The summed E-state index contributed by atoms with van der Waals surface area (Å²) in [7, 11) is 0. The van der Waals surface area contributed by atoms with E-state index in [1.807, 2.05) is 6.07 Å². The lowest BCUT2D eigenvalue weighted by atomic mass is 10.5.